The van der Waals surface area contributed by atoms with Gasteiger partial charge < -0.3 is 18.6 Å². The Kier molecular flexibility index (Phi) is 7.11. The van der Waals surface area contributed by atoms with Crippen LogP contribution in [0.2, 0.25) is 0 Å². The number of ether oxygens (including phenoxy) is 2. The first kappa shape index (κ1) is 31.4. The fraction of sp³-hybridized carbons (Fsp3) is 0.100. The lowest BCUT2D eigenvalue weighted by molar-refractivity contribution is -0.138. The summed E-state index contributed by atoms with van der Waals surface area (Å²) in [7, 11) is 3.03. The molecule has 0 radical (unpaired) electrons. The van der Waals surface area contributed by atoms with Gasteiger partial charge in [-0.25, -0.2) is 0 Å². The fourth-order valence-corrected chi connectivity index (χ4v) is 6.95. The van der Waals surface area contributed by atoms with E-state index in [1.807, 2.05) is 12.1 Å². The summed E-state index contributed by atoms with van der Waals surface area (Å²) in [6.45, 7) is 0. The molecule has 0 fully saturated rings. The van der Waals surface area contributed by atoms with E-state index in [1.165, 1.54) is 38.5 Å². The first-order chi connectivity index (χ1) is 24.0. The van der Waals surface area contributed by atoms with Gasteiger partial charge in [-0.05, 0) is 83.9 Å². The highest BCUT2D eigenvalue weighted by Crippen LogP contribution is 2.44. The van der Waals surface area contributed by atoms with Crippen LogP contribution in [0.5, 0.6) is 11.5 Å². The van der Waals surface area contributed by atoms with E-state index in [-0.39, 0.29) is 11.4 Å². The van der Waals surface area contributed by atoms with E-state index < -0.39 is 23.5 Å². The Balaban J connectivity index is 1.41. The van der Waals surface area contributed by atoms with Crippen LogP contribution in [0.3, 0.4) is 0 Å². The van der Waals surface area contributed by atoms with Crippen LogP contribution in [-0.4, -0.2) is 23.4 Å². The van der Waals surface area contributed by atoms with Crippen LogP contribution in [0.25, 0.3) is 66.1 Å². The predicted octanol–water partition coefficient (Wildman–Crippen LogP) is 11.6. The van der Waals surface area contributed by atoms with E-state index in [1.54, 1.807) is 81.9 Å². The van der Waals surface area contributed by atoms with Crippen LogP contribution < -0.4 is 9.47 Å². The van der Waals surface area contributed by atoms with Crippen molar-refractivity contribution in [3.05, 3.63) is 132 Å². The molecular weight excluding hydrogens is 654 g/mol. The van der Waals surface area contributed by atoms with Gasteiger partial charge in [-0.3, -0.25) is 0 Å². The molecule has 0 unspecified atom stereocenters. The highest BCUT2D eigenvalue weighted by atomic mass is 19.4. The largest absolute Gasteiger partial charge is 0.497 e. The Morgan fingerprint density at radius 2 is 0.800 bits per heavy atom. The molecule has 0 aliphatic rings. The van der Waals surface area contributed by atoms with Gasteiger partial charge in [0.25, 0.3) is 0 Å². The zero-order valence-electron chi connectivity index (χ0n) is 26.5. The highest BCUT2D eigenvalue weighted by Gasteiger charge is 2.37. The number of aromatic nitrogens is 2. The summed E-state index contributed by atoms with van der Waals surface area (Å²) in [6.07, 6.45) is -9.46. The van der Waals surface area contributed by atoms with Crippen LogP contribution in [0, 0.1) is 0 Å². The minimum Gasteiger partial charge on any atom is -0.497 e. The van der Waals surface area contributed by atoms with Gasteiger partial charge in [-0.1, -0.05) is 48.5 Å². The number of benzene rings is 6. The summed E-state index contributed by atoms with van der Waals surface area (Å²) in [5.41, 5.74) is 0.640. The van der Waals surface area contributed by atoms with Gasteiger partial charge in [0.1, 0.15) is 11.5 Å². The van der Waals surface area contributed by atoms with E-state index in [9.17, 15) is 26.3 Å². The molecule has 0 aliphatic heterocycles. The minimum absolute atomic E-state index is 0.156. The molecule has 0 atom stereocenters. The van der Waals surface area contributed by atoms with Crippen LogP contribution in [-0.2, 0) is 12.4 Å². The van der Waals surface area contributed by atoms with Crippen LogP contribution in [0.4, 0.5) is 26.3 Å². The van der Waals surface area contributed by atoms with Crippen molar-refractivity contribution in [1.29, 1.82) is 0 Å². The number of para-hydroxylation sites is 2. The van der Waals surface area contributed by atoms with Crippen molar-refractivity contribution in [2.75, 3.05) is 14.2 Å². The molecule has 8 rings (SSSR count). The number of fused-ring (bicyclic) bond motifs is 6. The van der Waals surface area contributed by atoms with Crippen molar-refractivity contribution in [3.63, 3.8) is 0 Å². The number of methoxy groups -OCH3 is 2. The van der Waals surface area contributed by atoms with Gasteiger partial charge in [-0.2, -0.15) is 26.3 Å². The second kappa shape index (κ2) is 11.3. The van der Waals surface area contributed by atoms with Crippen molar-refractivity contribution >= 4 is 43.6 Å². The Morgan fingerprint density at radius 1 is 0.420 bits per heavy atom. The summed E-state index contributed by atoms with van der Waals surface area (Å²) in [5, 5.41) is 2.83. The molecule has 0 spiro atoms. The van der Waals surface area contributed by atoms with Gasteiger partial charge in [0.15, 0.2) is 0 Å². The maximum atomic E-state index is 14.7. The second-order valence-corrected chi connectivity index (χ2v) is 11.9. The minimum atomic E-state index is -4.73. The topological polar surface area (TPSA) is 28.3 Å². The van der Waals surface area contributed by atoms with Gasteiger partial charge in [0.05, 0.1) is 58.8 Å². The lowest BCUT2D eigenvalue weighted by Gasteiger charge is -2.20. The number of rotatable bonds is 5. The monoisotopic (exact) mass is 680 g/mol. The number of hydrogen-bond donors (Lipinski definition) is 0. The normalized spacial score (nSPS) is 12.4. The summed E-state index contributed by atoms with van der Waals surface area (Å²) in [5.74, 6) is 1.09. The Labute approximate surface area is 281 Å². The molecule has 50 heavy (non-hydrogen) atoms. The molecule has 2 heterocycles. The fourth-order valence-electron chi connectivity index (χ4n) is 6.95. The smallest absolute Gasteiger partial charge is 0.418 e. The van der Waals surface area contributed by atoms with Crippen LogP contribution in [0.1, 0.15) is 11.1 Å². The van der Waals surface area contributed by atoms with Crippen LogP contribution >= 0.6 is 0 Å². The summed E-state index contributed by atoms with van der Waals surface area (Å²) >= 11 is 0. The van der Waals surface area contributed by atoms with Gasteiger partial charge in [-0.15, -0.1) is 0 Å². The maximum absolute atomic E-state index is 14.7. The molecule has 10 heteroatoms. The second-order valence-electron chi connectivity index (χ2n) is 11.9. The molecular formula is C40H26F6N2O2. The van der Waals surface area contributed by atoms with Gasteiger partial charge in [0.2, 0.25) is 0 Å². The summed E-state index contributed by atoms with van der Waals surface area (Å²) < 4.78 is 102. The first-order valence-electron chi connectivity index (χ1n) is 15.6. The molecule has 8 aromatic rings. The molecule has 250 valence electrons. The van der Waals surface area contributed by atoms with E-state index in [2.05, 4.69) is 0 Å². The average Bonchev–Trinajstić information content (AvgIpc) is 3.62. The lowest BCUT2D eigenvalue weighted by atomic mass is 9.99. The molecule has 0 aliphatic carbocycles. The molecule has 2 aromatic heterocycles. The van der Waals surface area contributed by atoms with E-state index in [0.717, 1.165) is 22.9 Å². The third-order valence-electron chi connectivity index (χ3n) is 9.18. The molecule has 0 saturated carbocycles. The van der Waals surface area contributed by atoms with Crippen molar-refractivity contribution in [3.8, 4) is 34.0 Å². The number of nitrogens with zero attached hydrogens (tertiary/aromatic N) is 2. The van der Waals surface area contributed by atoms with Crippen molar-refractivity contribution < 1.29 is 35.8 Å². The van der Waals surface area contributed by atoms with Crippen molar-refractivity contribution in [1.82, 2.24) is 9.13 Å². The average molecular weight is 681 g/mol. The quantitative estimate of drug-likeness (QED) is 0.169. The Hall–Kier alpha value is -5.90. The van der Waals surface area contributed by atoms with Gasteiger partial charge in [0, 0.05) is 21.5 Å². The molecule has 0 N–H and O–H groups in total. The molecule has 0 bridgehead atoms. The third kappa shape index (κ3) is 4.93. The maximum Gasteiger partial charge on any atom is 0.418 e. The molecule has 0 saturated heterocycles. The standard InChI is InChI=1S/C40H26F6N2O2/c1-49-25-13-17-35-29(21-25)27-7-3-5-9-33(27)47(35)37-19-23(11-15-31(37)39(41,42)43)24-12-16-32(40(44,45)46)38(20-24)48-34-10-6-4-8-28(34)30-22-26(50-2)14-18-36(30)48/h3-22H,1-2H3. The highest BCUT2D eigenvalue weighted by molar-refractivity contribution is 6.11. The van der Waals surface area contributed by atoms with Crippen LogP contribution in [0.15, 0.2) is 121 Å². The number of halogens is 6. The van der Waals surface area contributed by atoms with Crippen molar-refractivity contribution in [2.45, 2.75) is 12.4 Å². The Bertz CT molecular complexity index is 2430. The molecule has 0 amide bonds. The number of alkyl halides is 6. The SMILES string of the molecule is COc1ccc2c(c1)c1ccccc1n2-c1cc(-c2ccc(C(F)(F)F)c(-n3c4ccccc4c4cc(OC)ccc43)c2)ccc1C(F)(F)F. The summed E-state index contributed by atoms with van der Waals surface area (Å²) in [6, 6.07) is 31.9. The summed E-state index contributed by atoms with van der Waals surface area (Å²) in [4.78, 5) is 0. The first-order valence-corrected chi connectivity index (χ1v) is 15.6. The van der Waals surface area contributed by atoms with E-state index in [0.29, 0.717) is 55.5 Å². The molecule has 6 aromatic carbocycles. The predicted molar refractivity (Wildman–Crippen MR) is 184 cm³/mol. The lowest BCUT2D eigenvalue weighted by Crippen LogP contribution is -2.12. The number of hydrogen-bond acceptors (Lipinski definition) is 2. The molecule has 4 nitrogen and oxygen atoms in total. The van der Waals surface area contributed by atoms with E-state index in [4.69, 9.17) is 9.47 Å². The third-order valence-corrected chi connectivity index (χ3v) is 9.18. The zero-order valence-corrected chi connectivity index (χ0v) is 26.5. The van der Waals surface area contributed by atoms with Gasteiger partial charge >= 0.3 is 12.4 Å². The zero-order chi connectivity index (χ0) is 34.9. The van der Waals surface area contributed by atoms with E-state index >= 15 is 0 Å². The Morgan fingerprint density at radius 3 is 1.18 bits per heavy atom. The van der Waals surface area contributed by atoms with Crippen molar-refractivity contribution in [2.24, 2.45) is 0 Å².